The average molecular weight is 455 g/mol. The van der Waals surface area contributed by atoms with Crippen LogP contribution in [0.4, 0.5) is 5.69 Å². The zero-order valence-electron chi connectivity index (χ0n) is 17.7. The SMILES string of the molecule is CC[C@H](C(=O)N[C@@H](C)c1ccccc1OC)N(c1cc(Cl)ccc1OC)S(C)(=O)=O. The predicted octanol–water partition coefficient (Wildman–Crippen LogP) is 3.78. The highest BCUT2D eigenvalue weighted by atomic mass is 35.5. The van der Waals surface area contributed by atoms with Gasteiger partial charge >= 0.3 is 0 Å². The van der Waals surface area contributed by atoms with E-state index < -0.39 is 28.0 Å². The number of ether oxygens (including phenoxy) is 2. The number of nitrogens with one attached hydrogen (secondary N) is 1. The molecule has 7 nitrogen and oxygen atoms in total. The minimum Gasteiger partial charge on any atom is -0.496 e. The molecule has 0 aliphatic carbocycles. The maximum Gasteiger partial charge on any atom is 0.244 e. The van der Waals surface area contributed by atoms with Gasteiger partial charge in [-0.15, -0.1) is 0 Å². The fourth-order valence-corrected chi connectivity index (χ4v) is 4.66. The molecule has 0 fully saturated rings. The van der Waals surface area contributed by atoms with Gasteiger partial charge < -0.3 is 14.8 Å². The van der Waals surface area contributed by atoms with E-state index in [4.69, 9.17) is 21.1 Å². The largest absolute Gasteiger partial charge is 0.496 e. The lowest BCUT2D eigenvalue weighted by Gasteiger charge is -2.32. The summed E-state index contributed by atoms with van der Waals surface area (Å²) in [7, 11) is -0.845. The number of benzene rings is 2. The van der Waals surface area contributed by atoms with Gasteiger partial charge in [-0.25, -0.2) is 8.42 Å². The van der Waals surface area contributed by atoms with Gasteiger partial charge in [0, 0.05) is 10.6 Å². The van der Waals surface area contributed by atoms with Gasteiger partial charge in [-0.2, -0.15) is 0 Å². The molecule has 1 N–H and O–H groups in total. The van der Waals surface area contributed by atoms with Crippen LogP contribution < -0.4 is 19.1 Å². The lowest BCUT2D eigenvalue weighted by Crippen LogP contribution is -2.49. The van der Waals surface area contributed by atoms with E-state index in [2.05, 4.69) is 5.32 Å². The van der Waals surface area contributed by atoms with Crippen molar-refractivity contribution in [2.45, 2.75) is 32.4 Å². The number of carbonyl (C=O) groups excluding carboxylic acids is 1. The van der Waals surface area contributed by atoms with Crippen LogP contribution >= 0.6 is 11.6 Å². The predicted molar refractivity (Wildman–Crippen MR) is 119 cm³/mol. The van der Waals surface area contributed by atoms with Crippen LogP contribution in [0.25, 0.3) is 0 Å². The van der Waals surface area contributed by atoms with E-state index in [1.807, 2.05) is 25.1 Å². The molecule has 0 saturated carbocycles. The Morgan fingerprint density at radius 3 is 2.33 bits per heavy atom. The Labute approximate surface area is 183 Å². The quantitative estimate of drug-likeness (QED) is 0.623. The van der Waals surface area contributed by atoms with Gasteiger partial charge in [0.1, 0.15) is 17.5 Å². The first-order chi connectivity index (χ1) is 14.1. The van der Waals surface area contributed by atoms with E-state index in [0.717, 1.165) is 16.1 Å². The Kier molecular flexibility index (Phi) is 7.97. The third-order valence-corrected chi connectivity index (χ3v) is 6.07. The molecule has 9 heteroatoms. The number of halogens is 1. The fourth-order valence-electron chi connectivity index (χ4n) is 3.28. The van der Waals surface area contributed by atoms with Crippen LogP contribution in [0.1, 0.15) is 31.9 Å². The van der Waals surface area contributed by atoms with Crippen LogP contribution in [-0.4, -0.2) is 40.8 Å². The van der Waals surface area contributed by atoms with Crippen molar-refractivity contribution in [3.05, 3.63) is 53.1 Å². The summed E-state index contributed by atoms with van der Waals surface area (Å²) in [5.74, 6) is 0.493. The maximum absolute atomic E-state index is 13.2. The minimum absolute atomic E-state index is 0.208. The highest BCUT2D eigenvalue weighted by molar-refractivity contribution is 7.92. The highest BCUT2D eigenvalue weighted by Gasteiger charge is 2.34. The molecule has 2 aromatic rings. The molecule has 0 saturated heterocycles. The Hall–Kier alpha value is -2.45. The Morgan fingerprint density at radius 2 is 1.77 bits per heavy atom. The molecule has 2 rings (SSSR count). The van der Waals surface area contributed by atoms with Gasteiger partial charge in [-0.1, -0.05) is 36.7 Å². The van der Waals surface area contributed by atoms with Crippen molar-refractivity contribution in [2.75, 3.05) is 24.8 Å². The van der Waals surface area contributed by atoms with E-state index in [1.54, 1.807) is 32.2 Å². The number of carbonyl (C=O) groups is 1. The fraction of sp³-hybridized carbons (Fsp3) is 0.381. The van der Waals surface area contributed by atoms with Crippen molar-refractivity contribution in [3.63, 3.8) is 0 Å². The number of rotatable bonds is 9. The highest BCUT2D eigenvalue weighted by Crippen LogP contribution is 2.35. The Balaban J connectivity index is 2.43. The van der Waals surface area contributed by atoms with Crippen molar-refractivity contribution in [3.8, 4) is 11.5 Å². The van der Waals surface area contributed by atoms with Crippen molar-refractivity contribution < 1.29 is 22.7 Å². The normalized spacial score (nSPS) is 13.3. The molecule has 1 amide bonds. The van der Waals surface area contributed by atoms with Crippen molar-refractivity contribution in [1.29, 1.82) is 0 Å². The second-order valence-electron chi connectivity index (χ2n) is 6.77. The Bertz CT molecular complexity index is 997. The molecular weight excluding hydrogens is 428 g/mol. The van der Waals surface area contributed by atoms with E-state index >= 15 is 0 Å². The molecule has 0 radical (unpaired) electrons. The van der Waals surface area contributed by atoms with Gasteiger partial charge in [-0.3, -0.25) is 9.10 Å². The lowest BCUT2D eigenvalue weighted by atomic mass is 10.1. The first-order valence-corrected chi connectivity index (χ1v) is 11.6. The first kappa shape index (κ1) is 23.8. The zero-order chi connectivity index (χ0) is 22.5. The van der Waals surface area contributed by atoms with Crippen LogP contribution in [0.2, 0.25) is 5.02 Å². The van der Waals surface area contributed by atoms with Gasteiger partial charge in [0.05, 0.1) is 32.2 Å². The number of nitrogens with zero attached hydrogens (tertiary/aromatic N) is 1. The first-order valence-electron chi connectivity index (χ1n) is 9.40. The molecule has 0 aromatic heterocycles. The van der Waals surface area contributed by atoms with Crippen LogP contribution in [0.15, 0.2) is 42.5 Å². The summed E-state index contributed by atoms with van der Waals surface area (Å²) in [5, 5.41) is 3.23. The van der Waals surface area contributed by atoms with Crippen LogP contribution in [0.5, 0.6) is 11.5 Å². The molecule has 30 heavy (non-hydrogen) atoms. The summed E-state index contributed by atoms with van der Waals surface area (Å²) in [6.45, 7) is 3.56. The number of para-hydroxylation sites is 1. The maximum atomic E-state index is 13.2. The second kappa shape index (κ2) is 10.0. The number of anilines is 1. The van der Waals surface area contributed by atoms with E-state index in [-0.39, 0.29) is 12.1 Å². The number of amides is 1. The molecule has 0 heterocycles. The molecule has 0 aliphatic rings. The summed E-state index contributed by atoms with van der Waals surface area (Å²) in [5.41, 5.74) is 0.994. The molecule has 0 unspecified atom stereocenters. The summed E-state index contributed by atoms with van der Waals surface area (Å²) in [6.07, 6.45) is 1.29. The van der Waals surface area contributed by atoms with Crippen molar-refractivity contribution in [1.82, 2.24) is 5.32 Å². The zero-order valence-corrected chi connectivity index (χ0v) is 19.3. The standard InChI is InChI=1S/C21H27ClN2O5S/c1-6-17(21(25)23-14(2)16-9-7-8-10-19(16)28-3)24(30(5,26)27)18-13-15(22)11-12-20(18)29-4/h7-14,17H,6H2,1-5H3,(H,23,25)/t14-,17+/m0/s1. The molecule has 0 spiro atoms. The summed E-state index contributed by atoms with van der Waals surface area (Å²) in [4.78, 5) is 13.2. The van der Waals surface area contributed by atoms with Gasteiger partial charge in [0.2, 0.25) is 15.9 Å². The average Bonchev–Trinajstić information content (AvgIpc) is 2.70. The molecular formula is C21H27ClN2O5S. The van der Waals surface area contributed by atoms with Gasteiger partial charge in [0.15, 0.2) is 0 Å². The number of methoxy groups -OCH3 is 2. The van der Waals surface area contributed by atoms with E-state index in [1.165, 1.54) is 13.2 Å². The van der Waals surface area contributed by atoms with Crippen LogP contribution in [0, 0.1) is 0 Å². The van der Waals surface area contributed by atoms with Gasteiger partial charge in [-0.05, 0) is 37.6 Å². The van der Waals surface area contributed by atoms with E-state index in [9.17, 15) is 13.2 Å². The lowest BCUT2D eigenvalue weighted by molar-refractivity contribution is -0.122. The molecule has 2 atom stereocenters. The Morgan fingerprint density at radius 1 is 1.13 bits per heavy atom. The summed E-state index contributed by atoms with van der Waals surface area (Å²) >= 11 is 6.10. The van der Waals surface area contributed by atoms with Crippen LogP contribution in [0.3, 0.4) is 0 Å². The molecule has 0 aliphatic heterocycles. The van der Waals surface area contributed by atoms with Crippen molar-refractivity contribution >= 4 is 33.2 Å². The second-order valence-corrected chi connectivity index (χ2v) is 9.07. The number of hydrogen-bond acceptors (Lipinski definition) is 5. The third kappa shape index (κ3) is 5.37. The minimum atomic E-state index is -3.83. The third-order valence-electron chi connectivity index (χ3n) is 4.67. The smallest absolute Gasteiger partial charge is 0.244 e. The summed E-state index contributed by atoms with van der Waals surface area (Å²) < 4.78 is 37.1. The topological polar surface area (TPSA) is 84.9 Å². The molecule has 164 valence electrons. The van der Waals surface area contributed by atoms with E-state index in [0.29, 0.717) is 16.5 Å². The van der Waals surface area contributed by atoms with Crippen LogP contribution in [-0.2, 0) is 14.8 Å². The molecule has 0 bridgehead atoms. The summed E-state index contributed by atoms with van der Waals surface area (Å²) in [6, 6.07) is 10.6. The number of sulfonamides is 1. The van der Waals surface area contributed by atoms with Gasteiger partial charge in [0.25, 0.3) is 0 Å². The van der Waals surface area contributed by atoms with Crippen molar-refractivity contribution in [2.24, 2.45) is 0 Å². The monoisotopic (exact) mass is 454 g/mol. The molecule has 2 aromatic carbocycles. The number of hydrogen-bond donors (Lipinski definition) is 1.